The highest BCUT2D eigenvalue weighted by Crippen LogP contribution is 2.43. The monoisotopic (exact) mass is 248 g/mol. The Morgan fingerprint density at radius 3 is 2.22 bits per heavy atom. The zero-order valence-corrected chi connectivity index (χ0v) is 11.7. The van der Waals surface area contributed by atoms with Gasteiger partial charge >= 0.3 is 0 Å². The average molecular weight is 248 g/mol. The molecule has 1 atom stereocenters. The van der Waals surface area contributed by atoms with Crippen molar-refractivity contribution < 1.29 is 9.84 Å². The van der Waals surface area contributed by atoms with Gasteiger partial charge in [-0.1, -0.05) is 42.2 Å². The number of benzene rings is 1. The Kier molecular flexibility index (Phi) is 4.08. The minimum absolute atomic E-state index is 0.352. The molecule has 1 aliphatic carbocycles. The molecule has 0 radical (unpaired) electrons. The molecular formula is C16H24O2. The van der Waals surface area contributed by atoms with E-state index in [1.165, 1.54) is 11.1 Å². The predicted molar refractivity (Wildman–Crippen MR) is 73.7 cm³/mol. The summed E-state index contributed by atoms with van der Waals surface area (Å²) in [5, 5.41) is 10.7. The second kappa shape index (κ2) is 5.41. The Hall–Kier alpha value is -0.860. The Balaban J connectivity index is 2.30. The molecule has 0 spiro atoms. The standard InChI is InChI=1S/C16H24O2/c1-4-18-16(7-5-6-8-16)15(17)14-10-12(2)9-13(3)11-14/h9-11,15,17H,4-8H2,1-3H3. The van der Waals surface area contributed by atoms with Crippen LogP contribution in [0.2, 0.25) is 0 Å². The molecule has 0 aliphatic heterocycles. The van der Waals surface area contributed by atoms with Gasteiger partial charge in [-0.05, 0) is 39.2 Å². The highest BCUT2D eigenvalue weighted by Gasteiger charge is 2.42. The van der Waals surface area contributed by atoms with Crippen molar-refractivity contribution in [2.24, 2.45) is 0 Å². The van der Waals surface area contributed by atoms with Crippen molar-refractivity contribution in [3.63, 3.8) is 0 Å². The molecule has 0 amide bonds. The molecule has 1 aromatic rings. The summed E-state index contributed by atoms with van der Waals surface area (Å²) in [5.41, 5.74) is 3.06. The summed E-state index contributed by atoms with van der Waals surface area (Å²) < 4.78 is 5.94. The van der Waals surface area contributed by atoms with Gasteiger partial charge in [-0.25, -0.2) is 0 Å². The molecule has 2 heteroatoms. The maximum atomic E-state index is 10.7. The lowest BCUT2D eigenvalue weighted by Crippen LogP contribution is -2.36. The van der Waals surface area contributed by atoms with Gasteiger partial charge in [-0.3, -0.25) is 0 Å². The van der Waals surface area contributed by atoms with Crippen LogP contribution < -0.4 is 0 Å². The van der Waals surface area contributed by atoms with E-state index in [4.69, 9.17) is 4.74 Å². The van der Waals surface area contributed by atoms with Crippen molar-refractivity contribution in [3.05, 3.63) is 34.9 Å². The van der Waals surface area contributed by atoms with E-state index in [1.807, 2.05) is 6.92 Å². The van der Waals surface area contributed by atoms with Crippen molar-refractivity contribution in [3.8, 4) is 0 Å². The lowest BCUT2D eigenvalue weighted by Gasteiger charge is -2.34. The third-order valence-electron chi connectivity index (χ3n) is 3.94. The number of hydrogen-bond acceptors (Lipinski definition) is 2. The van der Waals surface area contributed by atoms with Gasteiger partial charge < -0.3 is 9.84 Å². The lowest BCUT2D eigenvalue weighted by atomic mass is 9.88. The van der Waals surface area contributed by atoms with E-state index in [-0.39, 0.29) is 5.60 Å². The number of ether oxygens (including phenoxy) is 1. The Bertz CT molecular complexity index is 385. The van der Waals surface area contributed by atoms with E-state index in [0.717, 1.165) is 31.2 Å². The molecule has 1 unspecified atom stereocenters. The van der Waals surface area contributed by atoms with Gasteiger partial charge in [0.05, 0.1) is 5.60 Å². The zero-order valence-electron chi connectivity index (χ0n) is 11.7. The normalized spacial score (nSPS) is 20.0. The quantitative estimate of drug-likeness (QED) is 0.880. The van der Waals surface area contributed by atoms with Gasteiger partial charge in [-0.15, -0.1) is 0 Å². The molecule has 1 fully saturated rings. The molecule has 0 bridgehead atoms. The zero-order chi connectivity index (χ0) is 13.2. The van der Waals surface area contributed by atoms with Crippen LogP contribution in [0.5, 0.6) is 0 Å². The van der Waals surface area contributed by atoms with Crippen molar-refractivity contribution in [1.29, 1.82) is 0 Å². The first kappa shape index (κ1) is 13.6. The Morgan fingerprint density at radius 1 is 1.17 bits per heavy atom. The summed E-state index contributed by atoms with van der Waals surface area (Å²) >= 11 is 0. The molecule has 18 heavy (non-hydrogen) atoms. The van der Waals surface area contributed by atoms with Crippen molar-refractivity contribution >= 4 is 0 Å². The van der Waals surface area contributed by atoms with Gasteiger partial charge in [0.25, 0.3) is 0 Å². The van der Waals surface area contributed by atoms with Crippen LogP contribution >= 0.6 is 0 Å². The summed E-state index contributed by atoms with van der Waals surface area (Å²) in [7, 11) is 0. The molecule has 1 saturated carbocycles. The molecule has 1 aromatic carbocycles. The summed E-state index contributed by atoms with van der Waals surface area (Å²) in [6, 6.07) is 6.30. The van der Waals surface area contributed by atoms with E-state index in [1.54, 1.807) is 0 Å². The van der Waals surface area contributed by atoms with Gasteiger partial charge in [0.1, 0.15) is 6.10 Å². The lowest BCUT2D eigenvalue weighted by molar-refractivity contribution is -0.118. The van der Waals surface area contributed by atoms with Crippen LogP contribution in [-0.4, -0.2) is 17.3 Å². The van der Waals surface area contributed by atoms with E-state index in [0.29, 0.717) is 6.61 Å². The minimum Gasteiger partial charge on any atom is -0.385 e. The molecule has 0 saturated heterocycles. The fourth-order valence-electron chi connectivity index (χ4n) is 3.23. The van der Waals surface area contributed by atoms with Crippen LogP contribution in [0.4, 0.5) is 0 Å². The third-order valence-corrected chi connectivity index (χ3v) is 3.94. The van der Waals surface area contributed by atoms with Crippen LogP contribution in [-0.2, 0) is 4.74 Å². The smallest absolute Gasteiger partial charge is 0.108 e. The van der Waals surface area contributed by atoms with Crippen molar-refractivity contribution in [2.45, 2.75) is 58.2 Å². The number of hydrogen-bond donors (Lipinski definition) is 1. The Morgan fingerprint density at radius 2 is 1.72 bits per heavy atom. The average Bonchev–Trinajstić information content (AvgIpc) is 2.77. The Labute approximate surface area is 110 Å². The van der Waals surface area contributed by atoms with E-state index in [9.17, 15) is 5.11 Å². The van der Waals surface area contributed by atoms with E-state index < -0.39 is 6.10 Å². The van der Waals surface area contributed by atoms with Gasteiger partial charge in [-0.2, -0.15) is 0 Å². The number of aliphatic hydroxyl groups excluding tert-OH is 1. The first-order valence-electron chi connectivity index (χ1n) is 6.97. The number of aryl methyl sites for hydroxylation is 2. The van der Waals surface area contributed by atoms with Crippen molar-refractivity contribution in [2.75, 3.05) is 6.61 Å². The molecule has 2 nitrogen and oxygen atoms in total. The molecular weight excluding hydrogens is 224 g/mol. The second-order valence-electron chi connectivity index (χ2n) is 5.53. The molecule has 0 aromatic heterocycles. The van der Waals surface area contributed by atoms with Crippen LogP contribution in [0, 0.1) is 13.8 Å². The van der Waals surface area contributed by atoms with Gasteiger partial charge in [0, 0.05) is 6.61 Å². The fourth-order valence-corrected chi connectivity index (χ4v) is 3.23. The summed E-state index contributed by atoms with van der Waals surface area (Å²) in [4.78, 5) is 0. The van der Waals surface area contributed by atoms with Crippen LogP contribution in [0.15, 0.2) is 18.2 Å². The van der Waals surface area contributed by atoms with Crippen LogP contribution in [0.25, 0.3) is 0 Å². The summed E-state index contributed by atoms with van der Waals surface area (Å²) in [6.45, 7) is 6.83. The fraction of sp³-hybridized carbons (Fsp3) is 0.625. The number of aliphatic hydroxyl groups is 1. The minimum atomic E-state index is -0.501. The molecule has 1 N–H and O–H groups in total. The maximum Gasteiger partial charge on any atom is 0.108 e. The van der Waals surface area contributed by atoms with Crippen LogP contribution in [0.1, 0.15) is 55.4 Å². The van der Waals surface area contributed by atoms with Crippen LogP contribution in [0.3, 0.4) is 0 Å². The van der Waals surface area contributed by atoms with E-state index >= 15 is 0 Å². The molecule has 0 heterocycles. The largest absolute Gasteiger partial charge is 0.385 e. The molecule has 2 rings (SSSR count). The first-order valence-corrected chi connectivity index (χ1v) is 6.97. The SMILES string of the molecule is CCOC1(C(O)c2cc(C)cc(C)c2)CCCC1. The first-order chi connectivity index (χ1) is 8.57. The topological polar surface area (TPSA) is 29.5 Å². The summed E-state index contributed by atoms with van der Waals surface area (Å²) in [6.07, 6.45) is 3.74. The highest BCUT2D eigenvalue weighted by atomic mass is 16.5. The highest BCUT2D eigenvalue weighted by molar-refractivity contribution is 5.31. The van der Waals surface area contributed by atoms with Crippen molar-refractivity contribution in [1.82, 2.24) is 0 Å². The maximum absolute atomic E-state index is 10.7. The molecule has 1 aliphatic rings. The van der Waals surface area contributed by atoms with E-state index in [2.05, 4.69) is 32.0 Å². The third kappa shape index (κ3) is 2.60. The second-order valence-corrected chi connectivity index (χ2v) is 5.53. The number of rotatable bonds is 4. The molecule has 100 valence electrons. The van der Waals surface area contributed by atoms with Gasteiger partial charge in [0.15, 0.2) is 0 Å². The predicted octanol–water partition coefficient (Wildman–Crippen LogP) is 3.69. The van der Waals surface area contributed by atoms with Gasteiger partial charge in [0.2, 0.25) is 0 Å². The summed E-state index contributed by atoms with van der Waals surface area (Å²) in [5.74, 6) is 0.